The van der Waals surface area contributed by atoms with Crippen molar-refractivity contribution in [3.05, 3.63) is 5.82 Å². The fourth-order valence-electron chi connectivity index (χ4n) is 0.999. The summed E-state index contributed by atoms with van der Waals surface area (Å²) < 4.78 is 4.21. The predicted octanol–water partition coefficient (Wildman–Crippen LogP) is 2.16. The molecule has 0 aliphatic rings. The predicted molar refractivity (Wildman–Crippen MR) is 57.9 cm³/mol. The van der Waals surface area contributed by atoms with Gasteiger partial charge in [-0.15, -0.1) is 11.6 Å². The van der Waals surface area contributed by atoms with Gasteiger partial charge in [0.05, 0.1) is 0 Å². The molecule has 0 N–H and O–H groups in total. The standard InChI is InChI=1S/C8H14ClN3S/c1-4-7-10-8(13-11-7)12(3)5-6(2)9/h6H,4-5H2,1-3H3. The molecule has 1 aromatic heterocycles. The van der Waals surface area contributed by atoms with Crippen LogP contribution in [0, 0.1) is 0 Å². The van der Waals surface area contributed by atoms with E-state index in [-0.39, 0.29) is 5.38 Å². The van der Waals surface area contributed by atoms with E-state index >= 15 is 0 Å². The van der Waals surface area contributed by atoms with Crippen LogP contribution in [0.4, 0.5) is 5.13 Å². The summed E-state index contributed by atoms with van der Waals surface area (Å²) in [4.78, 5) is 6.39. The van der Waals surface area contributed by atoms with Crippen molar-refractivity contribution in [3.63, 3.8) is 0 Å². The van der Waals surface area contributed by atoms with Crippen LogP contribution in [0.1, 0.15) is 19.7 Å². The first-order chi connectivity index (χ1) is 6.13. The third-order valence-electron chi connectivity index (χ3n) is 1.63. The number of aryl methyl sites for hydroxylation is 1. The van der Waals surface area contributed by atoms with Gasteiger partial charge in [-0.3, -0.25) is 0 Å². The molecule has 0 fully saturated rings. The van der Waals surface area contributed by atoms with E-state index in [0.29, 0.717) is 0 Å². The molecule has 1 atom stereocenters. The first kappa shape index (κ1) is 10.7. The minimum Gasteiger partial charge on any atom is -0.348 e. The number of hydrogen-bond donors (Lipinski definition) is 0. The van der Waals surface area contributed by atoms with Gasteiger partial charge in [-0.25, -0.2) is 4.98 Å². The third kappa shape index (κ3) is 3.12. The van der Waals surface area contributed by atoms with E-state index in [1.165, 1.54) is 11.5 Å². The molecule has 1 rings (SSSR count). The molecule has 3 nitrogen and oxygen atoms in total. The van der Waals surface area contributed by atoms with Gasteiger partial charge >= 0.3 is 0 Å². The molecule has 0 saturated carbocycles. The molecule has 0 aliphatic carbocycles. The number of alkyl halides is 1. The second kappa shape index (κ2) is 4.77. The third-order valence-corrected chi connectivity index (χ3v) is 2.63. The maximum absolute atomic E-state index is 5.88. The normalized spacial score (nSPS) is 12.9. The van der Waals surface area contributed by atoms with Crippen LogP contribution in [0.25, 0.3) is 0 Å². The lowest BCUT2D eigenvalue weighted by molar-refractivity contribution is 0.848. The van der Waals surface area contributed by atoms with Crippen molar-refractivity contribution in [2.24, 2.45) is 0 Å². The summed E-state index contributed by atoms with van der Waals surface area (Å²) in [6, 6.07) is 0. The van der Waals surface area contributed by atoms with Crippen LogP contribution in [-0.4, -0.2) is 28.3 Å². The first-order valence-electron chi connectivity index (χ1n) is 4.31. The Kier molecular flexibility index (Phi) is 3.93. The maximum atomic E-state index is 5.88. The lowest BCUT2D eigenvalue weighted by Crippen LogP contribution is -2.23. The highest BCUT2D eigenvalue weighted by Gasteiger charge is 2.09. The highest BCUT2D eigenvalue weighted by atomic mass is 35.5. The molecular formula is C8H14ClN3S. The molecule has 0 aromatic carbocycles. The van der Waals surface area contributed by atoms with Gasteiger partial charge in [-0.05, 0) is 6.92 Å². The molecule has 1 unspecified atom stereocenters. The van der Waals surface area contributed by atoms with Gasteiger partial charge in [0.1, 0.15) is 5.82 Å². The minimum absolute atomic E-state index is 0.138. The van der Waals surface area contributed by atoms with Crippen LogP contribution < -0.4 is 4.90 Å². The van der Waals surface area contributed by atoms with Gasteiger partial charge in [-0.2, -0.15) is 4.37 Å². The van der Waals surface area contributed by atoms with Crippen molar-refractivity contribution in [2.75, 3.05) is 18.5 Å². The summed E-state index contributed by atoms with van der Waals surface area (Å²) in [5.41, 5.74) is 0. The Morgan fingerprint density at radius 1 is 1.62 bits per heavy atom. The molecule has 0 saturated heterocycles. The number of rotatable bonds is 4. The Hall–Kier alpha value is -0.350. The lowest BCUT2D eigenvalue weighted by atomic mass is 10.4. The lowest BCUT2D eigenvalue weighted by Gasteiger charge is -2.15. The zero-order valence-corrected chi connectivity index (χ0v) is 9.69. The molecule has 0 amide bonds. The van der Waals surface area contributed by atoms with Gasteiger partial charge in [-0.1, -0.05) is 6.92 Å². The van der Waals surface area contributed by atoms with Crippen LogP contribution >= 0.6 is 23.1 Å². The van der Waals surface area contributed by atoms with Crippen molar-refractivity contribution < 1.29 is 0 Å². The highest BCUT2D eigenvalue weighted by Crippen LogP contribution is 2.16. The van der Waals surface area contributed by atoms with E-state index in [1.807, 2.05) is 18.9 Å². The molecule has 0 aliphatic heterocycles. The summed E-state index contributed by atoms with van der Waals surface area (Å²) in [5, 5.41) is 1.09. The topological polar surface area (TPSA) is 29.0 Å². The molecule has 5 heteroatoms. The number of halogens is 1. The zero-order valence-electron chi connectivity index (χ0n) is 8.12. The molecule has 0 radical (unpaired) electrons. The van der Waals surface area contributed by atoms with Gasteiger partial charge in [0.2, 0.25) is 5.13 Å². The van der Waals surface area contributed by atoms with E-state index in [9.17, 15) is 0 Å². The largest absolute Gasteiger partial charge is 0.348 e. The fourth-order valence-corrected chi connectivity index (χ4v) is 1.92. The smallest absolute Gasteiger partial charge is 0.204 e. The van der Waals surface area contributed by atoms with Gasteiger partial charge in [0.15, 0.2) is 0 Å². The van der Waals surface area contributed by atoms with Crippen molar-refractivity contribution >= 4 is 28.3 Å². The number of anilines is 1. The quantitative estimate of drug-likeness (QED) is 0.727. The average Bonchev–Trinajstić information content (AvgIpc) is 2.50. The fraction of sp³-hybridized carbons (Fsp3) is 0.750. The van der Waals surface area contributed by atoms with Crippen molar-refractivity contribution in [2.45, 2.75) is 25.6 Å². The number of nitrogens with zero attached hydrogens (tertiary/aromatic N) is 3. The summed E-state index contributed by atoms with van der Waals surface area (Å²) in [5.74, 6) is 0.911. The van der Waals surface area contributed by atoms with E-state index in [1.54, 1.807) is 0 Å². The minimum atomic E-state index is 0.138. The second-order valence-corrected chi connectivity index (χ2v) is 4.48. The Morgan fingerprint density at radius 2 is 2.31 bits per heavy atom. The molecule has 74 valence electrons. The maximum Gasteiger partial charge on any atom is 0.204 e. The second-order valence-electron chi connectivity index (χ2n) is 3.01. The number of hydrogen-bond acceptors (Lipinski definition) is 4. The van der Waals surface area contributed by atoms with Crippen LogP contribution in [-0.2, 0) is 6.42 Å². The molecule has 0 bridgehead atoms. The van der Waals surface area contributed by atoms with Crippen LogP contribution in [0.2, 0.25) is 0 Å². The zero-order chi connectivity index (χ0) is 9.84. The van der Waals surface area contributed by atoms with Crippen LogP contribution in [0.15, 0.2) is 0 Å². The first-order valence-corrected chi connectivity index (χ1v) is 5.52. The van der Waals surface area contributed by atoms with Crippen molar-refractivity contribution in [1.82, 2.24) is 9.36 Å². The molecule has 13 heavy (non-hydrogen) atoms. The van der Waals surface area contributed by atoms with Crippen LogP contribution in [0.3, 0.4) is 0 Å². The van der Waals surface area contributed by atoms with E-state index in [2.05, 4.69) is 16.3 Å². The van der Waals surface area contributed by atoms with Gasteiger partial charge in [0, 0.05) is 36.9 Å². The number of aromatic nitrogens is 2. The van der Waals surface area contributed by atoms with E-state index < -0.39 is 0 Å². The molecule has 1 aromatic rings. The average molecular weight is 220 g/mol. The summed E-state index contributed by atoms with van der Waals surface area (Å²) in [6.07, 6.45) is 0.890. The highest BCUT2D eigenvalue weighted by molar-refractivity contribution is 7.09. The summed E-state index contributed by atoms with van der Waals surface area (Å²) in [6.45, 7) is 4.83. The Bertz CT molecular complexity index is 262. The summed E-state index contributed by atoms with van der Waals surface area (Å²) in [7, 11) is 1.98. The molecule has 0 spiro atoms. The van der Waals surface area contributed by atoms with Crippen molar-refractivity contribution in [1.29, 1.82) is 0 Å². The Balaban J connectivity index is 2.60. The Labute approximate surface area is 87.9 Å². The van der Waals surface area contributed by atoms with Crippen molar-refractivity contribution in [3.8, 4) is 0 Å². The molecule has 1 heterocycles. The SMILES string of the molecule is CCc1nsc(N(C)CC(C)Cl)n1. The molecular weight excluding hydrogens is 206 g/mol. The summed E-state index contributed by atoms with van der Waals surface area (Å²) >= 11 is 7.31. The monoisotopic (exact) mass is 219 g/mol. The van der Waals surface area contributed by atoms with Gasteiger partial charge < -0.3 is 4.90 Å². The Morgan fingerprint density at radius 3 is 2.77 bits per heavy atom. The van der Waals surface area contributed by atoms with Gasteiger partial charge in [0.25, 0.3) is 0 Å². The van der Waals surface area contributed by atoms with E-state index in [0.717, 1.165) is 23.9 Å². The van der Waals surface area contributed by atoms with E-state index in [4.69, 9.17) is 11.6 Å². The van der Waals surface area contributed by atoms with Crippen LogP contribution in [0.5, 0.6) is 0 Å².